The minimum Gasteiger partial charge on any atom is -0.466 e. The van der Waals surface area contributed by atoms with Crippen molar-refractivity contribution in [3.05, 3.63) is 24.3 Å². The highest BCUT2D eigenvalue weighted by Crippen LogP contribution is 2.18. The van der Waals surface area contributed by atoms with Gasteiger partial charge in [0.05, 0.1) is 25.4 Å². The molecule has 0 fully saturated rings. The van der Waals surface area contributed by atoms with Crippen LogP contribution in [0, 0.1) is 0 Å². The van der Waals surface area contributed by atoms with E-state index in [9.17, 15) is 19.8 Å². The maximum absolute atomic E-state index is 12.5. The lowest BCUT2D eigenvalue weighted by Crippen LogP contribution is -2.45. The fourth-order valence-corrected chi connectivity index (χ4v) is 9.40. The number of aliphatic hydroxyl groups is 2. The highest BCUT2D eigenvalue weighted by molar-refractivity contribution is 5.76. The van der Waals surface area contributed by atoms with Crippen LogP contribution in [0.2, 0.25) is 0 Å². The van der Waals surface area contributed by atoms with Gasteiger partial charge < -0.3 is 20.3 Å². The summed E-state index contributed by atoms with van der Waals surface area (Å²) in [5.74, 6) is -0.125. The third kappa shape index (κ3) is 53.5. The number of amides is 1. The van der Waals surface area contributed by atoms with Crippen LogP contribution in [0.4, 0.5) is 0 Å². The van der Waals surface area contributed by atoms with Gasteiger partial charge in [-0.2, -0.15) is 0 Å². The lowest BCUT2D eigenvalue weighted by Gasteiger charge is -2.22. The average molecular weight is 945 g/mol. The van der Waals surface area contributed by atoms with Gasteiger partial charge in [-0.15, -0.1) is 0 Å². The number of carbonyl (C=O) groups excluding carboxylic acids is 2. The van der Waals surface area contributed by atoms with Crippen LogP contribution in [0.3, 0.4) is 0 Å². The van der Waals surface area contributed by atoms with E-state index in [1.807, 2.05) is 6.08 Å². The molecule has 0 aliphatic carbocycles. The molecule has 0 saturated heterocycles. The minimum atomic E-state index is -0.699. The van der Waals surface area contributed by atoms with Gasteiger partial charge in [0.25, 0.3) is 0 Å². The smallest absolute Gasteiger partial charge is 0.305 e. The second-order valence-corrected chi connectivity index (χ2v) is 20.7. The first-order valence-corrected chi connectivity index (χ1v) is 30.1. The van der Waals surface area contributed by atoms with Crippen molar-refractivity contribution in [2.45, 2.75) is 341 Å². The Labute approximate surface area is 418 Å². The number of rotatable bonds is 56. The fraction of sp³-hybridized carbons (Fsp3) is 0.902. The molecule has 2 atom stereocenters. The van der Waals surface area contributed by atoms with Crippen LogP contribution in [0.25, 0.3) is 0 Å². The number of hydrogen-bond acceptors (Lipinski definition) is 5. The van der Waals surface area contributed by atoms with Gasteiger partial charge in [0, 0.05) is 12.8 Å². The van der Waals surface area contributed by atoms with E-state index in [-0.39, 0.29) is 18.5 Å². The maximum Gasteiger partial charge on any atom is 0.305 e. The zero-order valence-electron chi connectivity index (χ0n) is 45.1. The van der Waals surface area contributed by atoms with Crippen LogP contribution in [0.15, 0.2) is 24.3 Å². The van der Waals surface area contributed by atoms with Crippen molar-refractivity contribution in [1.29, 1.82) is 0 Å². The standard InChI is InChI=1S/C61H117NO5/c1-3-5-7-9-11-13-15-17-19-21-22-23-24-25-26-29-33-37-41-45-49-53-59(64)58(57-63)62-60(65)54-50-46-42-38-34-30-28-32-36-40-44-48-52-56-67-61(66)55-51-47-43-39-35-31-27-20-18-16-14-12-10-8-6-4-2/h30,34,42,46,58-59,63-64H,3-29,31-33,35-41,43-45,47-57H2,1-2H3,(H,62,65)/b34-30-,46-42-. The van der Waals surface area contributed by atoms with E-state index in [2.05, 4.69) is 37.4 Å². The summed E-state index contributed by atoms with van der Waals surface area (Å²) in [7, 11) is 0. The van der Waals surface area contributed by atoms with Crippen molar-refractivity contribution >= 4 is 11.9 Å². The first-order chi connectivity index (χ1) is 33.0. The number of hydrogen-bond donors (Lipinski definition) is 3. The monoisotopic (exact) mass is 944 g/mol. The molecule has 2 unspecified atom stereocenters. The number of aliphatic hydroxyl groups excluding tert-OH is 2. The molecule has 0 bridgehead atoms. The van der Waals surface area contributed by atoms with E-state index < -0.39 is 12.1 Å². The summed E-state index contributed by atoms with van der Waals surface area (Å²) >= 11 is 0. The van der Waals surface area contributed by atoms with Crippen LogP contribution in [-0.2, 0) is 14.3 Å². The van der Waals surface area contributed by atoms with Crippen LogP contribution >= 0.6 is 0 Å². The van der Waals surface area contributed by atoms with Gasteiger partial charge in [0.1, 0.15) is 0 Å². The Morgan fingerprint density at radius 3 is 1.16 bits per heavy atom. The van der Waals surface area contributed by atoms with Gasteiger partial charge in [-0.1, -0.05) is 295 Å². The van der Waals surface area contributed by atoms with Gasteiger partial charge in [0.2, 0.25) is 5.91 Å². The number of unbranched alkanes of at least 4 members (excludes halogenated alkanes) is 41. The van der Waals surface area contributed by atoms with Gasteiger partial charge in [-0.05, 0) is 44.9 Å². The summed E-state index contributed by atoms with van der Waals surface area (Å²) in [6, 6.07) is -0.586. The van der Waals surface area contributed by atoms with Crippen molar-refractivity contribution in [1.82, 2.24) is 5.32 Å². The summed E-state index contributed by atoms with van der Waals surface area (Å²) in [6.07, 6.45) is 69.0. The summed E-state index contributed by atoms with van der Waals surface area (Å²) in [5, 5.41) is 23.3. The van der Waals surface area contributed by atoms with Crippen LogP contribution in [0.1, 0.15) is 328 Å². The molecule has 0 aliphatic rings. The lowest BCUT2D eigenvalue weighted by atomic mass is 10.0. The second kappa shape index (κ2) is 56.9. The van der Waals surface area contributed by atoms with E-state index in [0.717, 1.165) is 51.4 Å². The minimum absolute atomic E-state index is 0.0128. The molecule has 67 heavy (non-hydrogen) atoms. The highest BCUT2D eigenvalue weighted by Gasteiger charge is 2.20. The third-order valence-electron chi connectivity index (χ3n) is 14.0. The van der Waals surface area contributed by atoms with Crippen molar-refractivity contribution < 1.29 is 24.5 Å². The molecular formula is C61H117NO5. The van der Waals surface area contributed by atoms with Gasteiger partial charge in [-0.25, -0.2) is 0 Å². The Morgan fingerprint density at radius 2 is 0.761 bits per heavy atom. The number of allylic oxidation sites excluding steroid dienone is 4. The van der Waals surface area contributed by atoms with E-state index in [0.29, 0.717) is 32.3 Å². The van der Waals surface area contributed by atoms with Crippen LogP contribution < -0.4 is 5.32 Å². The summed E-state index contributed by atoms with van der Waals surface area (Å²) in [4.78, 5) is 24.5. The SMILES string of the molecule is CCCCCCCCCCCCCCCCCCCCCCCC(O)C(CO)NC(=O)CC/C=C\C/C=C\CCCCCCCCOC(=O)CCCCCCCCCCCCCCCCCC. The van der Waals surface area contributed by atoms with E-state index >= 15 is 0 Å². The lowest BCUT2D eigenvalue weighted by molar-refractivity contribution is -0.143. The zero-order chi connectivity index (χ0) is 48.6. The molecular weight excluding hydrogens is 827 g/mol. The zero-order valence-corrected chi connectivity index (χ0v) is 45.1. The predicted octanol–water partition coefficient (Wildman–Crippen LogP) is 18.6. The van der Waals surface area contributed by atoms with Crippen LogP contribution in [-0.4, -0.2) is 47.4 Å². The quantitative estimate of drug-likeness (QED) is 0.0321. The Bertz CT molecular complexity index is 1040. The largest absolute Gasteiger partial charge is 0.466 e. The fourth-order valence-electron chi connectivity index (χ4n) is 9.40. The molecule has 0 aliphatic heterocycles. The molecule has 1 amide bonds. The number of carbonyl (C=O) groups is 2. The molecule has 3 N–H and O–H groups in total. The normalized spacial score (nSPS) is 12.7. The van der Waals surface area contributed by atoms with Gasteiger partial charge in [0.15, 0.2) is 0 Å². The molecule has 6 nitrogen and oxygen atoms in total. The number of ether oxygens (including phenoxy) is 1. The highest BCUT2D eigenvalue weighted by atomic mass is 16.5. The van der Waals surface area contributed by atoms with Crippen LogP contribution in [0.5, 0.6) is 0 Å². The van der Waals surface area contributed by atoms with Gasteiger partial charge >= 0.3 is 5.97 Å². The number of esters is 1. The van der Waals surface area contributed by atoms with Crippen molar-refractivity contribution in [3.63, 3.8) is 0 Å². The summed E-state index contributed by atoms with van der Waals surface area (Å²) in [6.45, 7) is 4.92. The molecule has 396 valence electrons. The molecule has 0 radical (unpaired) electrons. The number of nitrogens with one attached hydrogen (secondary N) is 1. The molecule has 0 aromatic heterocycles. The van der Waals surface area contributed by atoms with Gasteiger partial charge in [-0.3, -0.25) is 9.59 Å². The average Bonchev–Trinajstić information content (AvgIpc) is 3.33. The molecule has 6 heteroatoms. The first-order valence-electron chi connectivity index (χ1n) is 30.1. The Kier molecular flexibility index (Phi) is 55.5. The summed E-state index contributed by atoms with van der Waals surface area (Å²) in [5.41, 5.74) is 0. The molecule has 0 spiro atoms. The predicted molar refractivity (Wildman–Crippen MR) is 292 cm³/mol. The van der Waals surface area contributed by atoms with Crippen molar-refractivity contribution in [3.8, 4) is 0 Å². The maximum atomic E-state index is 12.5. The topological polar surface area (TPSA) is 95.9 Å². The molecule has 0 saturated carbocycles. The Balaban J connectivity index is 3.51. The van der Waals surface area contributed by atoms with E-state index in [1.165, 1.54) is 238 Å². The van der Waals surface area contributed by atoms with Crippen molar-refractivity contribution in [2.24, 2.45) is 0 Å². The molecule has 0 heterocycles. The molecule has 0 aromatic rings. The summed E-state index contributed by atoms with van der Waals surface area (Å²) < 4.78 is 5.47. The third-order valence-corrected chi connectivity index (χ3v) is 14.0. The van der Waals surface area contributed by atoms with Crippen molar-refractivity contribution in [2.75, 3.05) is 13.2 Å². The second-order valence-electron chi connectivity index (χ2n) is 20.7. The van der Waals surface area contributed by atoms with E-state index in [4.69, 9.17) is 4.74 Å². The van der Waals surface area contributed by atoms with E-state index in [1.54, 1.807) is 0 Å². The Morgan fingerprint density at radius 1 is 0.418 bits per heavy atom. The first kappa shape index (κ1) is 65.3. The molecule has 0 rings (SSSR count). The molecule has 0 aromatic carbocycles. The Hall–Kier alpha value is -1.66.